The first-order chi connectivity index (χ1) is 18.6. The number of nitrogens with zero attached hydrogens (tertiary/aromatic N) is 1. The summed E-state index contributed by atoms with van der Waals surface area (Å²) < 4.78 is 16.9. The fourth-order valence-electron chi connectivity index (χ4n) is 4.33. The molecule has 0 aromatic heterocycles. The Morgan fingerprint density at radius 3 is 2.10 bits per heavy atom. The molecule has 6 nitrogen and oxygen atoms in total. The molecule has 0 aliphatic carbocycles. The summed E-state index contributed by atoms with van der Waals surface area (Å²) in [5.74, 6) is 5.50. The number of carbonyl (C=O) groups is 2. The predicted octanol–water partition coefficient (Wildman–Crippen LogP) is 4.98. The molecule has 202 valence electrons. The highest BCUT2D eigenvalue weighted by Crippen LogP contribution is 2.34. The number of rotatable bonds is 5. The zero-order chi connectivity index (χ0) is 28.0. The maximum absolute atomic E-state index is 13.3. The first-order valence-corrected chi connectivity index (χ1v) is 14.2. The summed E-state index contributed by atoms with van der Waals surface area (Å²) >= 11 is 0. The second kappa shape index (κ2) is 12.0. The van der Waals surface area contributed by atoms with Gasteiger partial charge >= 0.3 is 12.1 Å². The molecule has 1 saturated heterocycles. The monoisotopic (exact) mass is 543 g/mol. The lowest BCUT2D eigenvalue weighted by Gasteiger charge is -2.33. The lowest BCUT2D eigenvalue weighted by atomic mass is 10.2. The first-order valence-electron chi connectivity index (χ1n) is 12.9. The average molecular weight is 544 g/mol. The summed E-state index contributed by atoms with van der Waals surface area (Å²) in [6, 6.07) is 27.5. The van der Waals surface area contributed by atoms with Gasteiger partial charge in [0.05, 0.1) is 12.2 Å². The molecule has 0 saturated carbocycles. The Labute approximate surface area is 232 Å². The van der Waals surface area contributed by atoms with E-state index >= 15 is 0 Å². The molecule has 3 aromatic carbocycles. The molecule has 1 amide bonds. The molecular formula is C32H34NO5P. The third-order valence-electron chi connectivity index (χ3n) is 6.01. The van der Waals surface area contributed by atoms with Crippen LogP contribution >= 0.6 is 7.92 Å². The van der Waals surface area contributed by atoms with E-state index in [1.165, 1.54) is 4.90 Å². The molecule has 0 bridgehead atoms. The molecule has 4 rings (SSSR count). The third-order valence-corrected chi connectivity index (χ3v) is 8.52. The molecule has 7 heteroatoms. The van der Waals surface area contributed by atoms with Crippen LogP contribution in [-0.2, 0) is 14.2 Å². The normalized spacial score (nSPS) is 16.4. The standard InChI is InChI=1S/C32H34NO5P/c1-31(2,3)38-30(35)33-24(23-37-32(33,4)5)15-14-22-36-29(34)27-20-12-13-21-28(27)39(25-16-8-6-9-17-25)26-18-10-7-11-19-26/h6-13,16-21,24H,22-23H2,1-5H3/t24-/m0/s1. The largest absolute Gasteiger partial charge is 0.449 e. The van der Waals surface area contributed by atoms with Crippen molar-refractivity contribution in [1.82, 2.24) is 4.90 Å². The summed E-state index contributed by atoms with van der Waals surface area (Å²) in [7, 11) is -0.972. The number of hydrogen-bond donors (Lipinski definition) is 0. The van der Waals surface area contributed by atoms with Gasteiger partial charge in [-0.2, -0.15) is 0 Å². The number of esters is 1. The Bertz CT molecular complexity index is 1320. The van der Waals surface area contributed by atoms with E-state index in [0.29, 0.717) is 5.56 Å². The number of amides is 1. The van der Waals surface area contributed by atoms with Crippen molar-refractivity contribution in [1.29, 1.82) is 0 Å². The second-order valence-corrected chi connectivity index (χ2v) is 12.7. The van der Waals surface area contributed by atoms with E-state index in [1.807, 2.05) is 75.4 Å². The zero-order valence-corrected chi connectivity index (χ0v) is 23.9. The number of carbonyl (C=O) groups excluding carboxylic acids is 2. The SMILES string of the molecule is CC(C)(C)OC(=O)N1[C@@H](C#CCOC(=O)c2ccccc2P(c2ccccc2)c2ccccc2)COC1(C)C. The van der Waals surface area contributed by atoms with Crippen molar-refractivity contribution in [2.75, 3.05) is 13.2 Å². The van der Waals surface area contributed by atoms with Crippen LogP contribution in [0.25, 0.3) is 0 Å². The van der Waals surface area contributed by atoms with Gasteiger partial charge in [-0.3, -0.25) is 4.90 Å². The lowest BCUT2D eigenvalue weighted by molar-refractivity contribution is -0.0608. The highest BCUT2D eigenvalue weighted by atomic mass is 31.1. The molecule has 39 heavy (non-hydrogen) atoms. The summed E-state index contributed by atoms with van der Waals surface area (Å²) in [5, 5.41) is 3.21. The molecule has 1 aliphatic heterocycles. The van der Waals surface area contributed by atoms with Gasteiger partial charge in [-0.05, 0) is 64.5 Å². The van der Waals surface area contributed by atoms with Gasteiger partial charge in [-0.25, -0.2) is 9.59 Å². The van der Waals surface area contributed by atoms with Crippen LogP contribution in [0.15, 0.2) is 84.9 Å². The Kier molecular flexibility index (Phi) is 8.75. The van der Waals surface area contributed by atoms with E-state index in [2.05, 4.69) is 36.1 Å². The minimum absolute atomic E-state index is 0.110. The summed E-state index contributed by atoms with van der Waals surface area (Å²) in [5.41, 5.74) is -0.988. The Hall–Kier alpha value is -3.65. The topological polar surface area (TPSA) is 65.1 Å². The fourth-order valence-corrected chi connectivity index (χ4v) is 6.77. The van der Waals surface area contributed by atoms with Crippen LogP contribution in [0.2, 0.25) is 0 Å². The van der Waals surface area contributed by atoms with Crippen LogP contribution in [0.4, 0.5) is 4.79 Å². The van der Waals surface area contributed by atoms with E-state index in [9.17, 15) is 9.59 Å². The molecule has 0 spiro atoms. The molecule has 0 unspecified atom stereocenters. The molecule has 1 atom stereocenters. The maximum Gasteiger partial charge on any atom is 0.413 e. The first kappa shape index (κ1) is 28.4. The van der Waals surface area contributed by atoms with E-state index in [-0.39, 0.29) is 13.2 Å². The number of ether oxygens (including phenoxy) is 3. The van der Waals surface area contributed by atoms with Gasteiger partial charge in [0.1, 0.15) is 17.4 Å². The summed E-state index contributed by atoms with van der Waals surface area (Å²) in [6.07, 6.45) is -0.495. The molecule has 1 heterocycles. The van der Waals surface area contributed by atoms with Gasteiger partial charge in [0, 0.05) is 0 Å². The van der Waals surface area contributed by atoms with E-state index in [1.54, 1.807) is 19.9 Å². The van der Waals surface area contributed by atoms with Crippen LogP contribution in [0.1, 0.15) is 45.0 Å². The van der Waals surface area contributed by atoms with Crippen molar-refractivity contribution < 1.29 is 23.8 Å². The van der Waals surface area contributed by atoms with E-state index in [4.69, 9.17) is 14.2 Å². The van der Waals surface area contributed by atoms with Crippen molar-refractivity contribution in [3.05, 3.63) is 90.5 Å². The summed E-state index contributed by atoms with van der Waals surface area (Å²) in [4.78, 5) is 27.6. The van der Waals surface area contributed by atoms with Gasteiger partial charge in [-0.15, -0.1) is 0 Å². The van der Waals surface area contributed by atoms with E-state index in [0.717, 1.165) is 15.9 Å². The quantitative estimate of drug-likeness (QED) is 0.258. The number of benzene rings is 3. The second-order valence-electron chi connectivity index (χ2n) is 10.5. The zero-order valence-electron chi connectivity index (χ0n) is 23.0. The molecule has 0 radical (unpaired) electrons. The van der Waals surface area contributed by atoms with Crippen LogP contribution in [0.3, 0.4) is 0 Å². The van der Waals surface area contributed by atoms with Gasteiger partial charge in [0.15, 0.2) is 6.61 Å². The number of hydrogen-bond acceptors (Lipinski definition) is 5. The van der Waals surface area contributed by atoms with E-state index < -0.39 is 37.4 Å². The van der Waals surface area contributed by atoms with Crippen molar-refractivity contribution in [2.24, 2.45) is 0 Å². The van der Waals surface area contributed by atoms with Crippen molar-refractivity contribution in [3.63, 3.8) is 0 Å². The molecule has 0 N–H and O–H groups in total. The maximum atomic E-state index is 13.3. The van der Waals surface area contributed by atoms with Crippen LogP contribution < -0.4 is 15.9 Å². The van der Waals surface area contributed by atoms with Gasteiger partial charge < -0.3 is 14.2 Å². The van der Waals surface area contributed by atoms with Crippen molar-refractivity contribution >= 4 is 35.9 Å². The van der Waals surface area contributed by atoms with Crippen molar-refractivity contribution in [3.8, 4) is 11.8 Å². The third kappa shape index (κ3) is 7.06. The Morgan fingerprint density at radius 2 is 1.51 bits per heavy atom. The van der Waals surface area contributed by atoms with Gasteiger partial charge in [0.2, 0.25) is 0 Å². The smallest absolute Gasteiger partial charge is 0.413 e. The molecule has 1 fully saturated rings. The van der Waals surface area contributed by atoms with Crippen molar-refractivity contribution in [2.45, 2.75) is 52.0 Å². The molecule has 3 aromatic rings. The predicted molar refractivity (Wildman–Crippen MR) is 155 cm³/mol. The fraction of sp³-hybridized carbons (Fsp3) is 0.312. The van der Waals surface area contributed by atoms with Crippen LogP contribution in [-0.4, -0.2) is 47.5 Å². The van der Waals surface area contributed by atoms with Gasteiger partial charge in [-0.1, -0.05) is 90.7 Å². The summed E-state index contributed by atoms with van der Waals surface area (Å²) in [6.45, 7) is 9.17. The highest BCUT2D eigenvalue weighted by Gasteiger charge is 2.45. The van der Waals surface area contributed by atoms with Gasteiger partial charge in [0.25, 0.3) is 0 Å². The minimum atomic E-state index is -0.972. The lowest BCUT2D eigenvalue weighted by Crippen LogP contribution is -2.49. The average Bonchev–Trinajstić information content (AvgIpc) is 3.21. The molecule has 1 aliphatic rings. The highest BCUT2D eigenvalue weighted by molar-refractivity contribution is 7.80. The van der Waals surface area contributed by atoms with Crippen LogP contribution in [0.5, 0.6) is 0 Å². The Balaban J connectivity index is 1.52. The Morgan fingerprint density at radius 1 is 0.949 bits per heavy atom. The van der Waals surface area contributed by atoms with Crippen LogP contribution in [0, 0.1) is 11.8 Å². The molecular weight excluding hydrogens is 509 g/mol. The minimum Gasteiger partial charge on any atom is -0.449 e.